The predicted octanol–water partition coefficient (Wildman–Crippen LogP) is 3.90. The Morgan fingerprint density at radius 3 is 2.65 bits per heavy atom. The molecule has 0 atom stereocenters. The van der Waals surface area contributed by atoms with Crippen LogP contribution >= 0.6 is 15.9 Å². The van der Waals surface area contributed by atoms with Crippen LogP contribution in [0.3, 0.4) is 0 Å². The number of benzene rings is 1. The van der Waals surface area contributed by atoms with Gasteiger partial charge in [-0.05, 0) is 34.5 Å². The van der Waals surface area contributed by atoms with Crippen molar-refractivity contribution in [1.82, 2.24) is 4.98 Å². The standard InChI is InChI=1S/C13H12BrFN2/c1-9-2-4-10(5-3-9)7-16-13-12(15)6-11(14)8-17-13/h2-6,8H,7H2,1H3,(H,16,17). The third-order valence-electron chi connectivity index (χ3n) is 2.39. The maximum absolute atomic E-state index is 13.5. The summed E-state index contributed by atoms with van der Waals surface area (Å²) in [6.45, 7) is 2.60. The van der Waals surface area contributed by atoms with Crippen molar-refractivity contribution in [2.45, 2.75) is 13.5 Å². The van der Waals surface area contributed by atoms with Crippen LogP contribution in [0.5, 0.6) is 0 Å². The number of hydrogen-bond donors (Lipinski definition) is 1. The van der Waals surface area contributed by atoms with E-state index in [2.05, 4.69) is 26.2 Å². The molecule has 0 aliphatic carbocycles. The van der Waals surface area contributed by atoms with Gasteiger partial charge in [-0.2, -0.15) is 0 Å². The minimum atomic E-state index is -0.355. The molecule has 1 heterocycles. The molecule has 0 aliphatic heterocycles. The summed E-state index contributed by atoms with van der Waals surface area (Å²) < 4.78 is 14.1. The molecule has 0 amide bonds. The van der Waals surface area contributed by atoms with E-state index in [1.807, 2.05) is 31.2 Å². The van der Waals surface area contributed by atoms with Crippen LogP contribution in [0.1, 0.15) is 11.1 Å². The lowest BCUT2D eigenvalue weighted by molar-refractivity contribution is 0.623. The van der Waals surface area contributed by atoms with Gasteiger partial charge in [0, 0.05) is 17.2 Å². The normalized spacial score (nSPS) is 10.3. The molecule has 0 fully saturated rings. The zero-order valence-corrected chi connectivity index (χ0v) is 11.0. The molecule has 1 aromatic heterocycles. The Morgan fingerprint density at radius 1 is 1.29 bits per heavy atom. The number of hydrogen-bond acceptors (Lipinski definition) is 2. The Hall–Kier alpha value is -1.42. The maximum atomic E-state index is 13.5. The van der Waals surface area contributed by atoms with E-state index < -0.39 is 0 Å². The van der Waals surface area contributed by atoms with E-state index in [9.17, 15) is 4.39 Å². The molecule has 4 heteroatoms. The number of nitrogens with zero attached hydrogens (tertiary/aromatic N) is 1. The van der Waals surface area contributed by atoms with E-state index in [-0.39, 0.29) is 11.6 Å². The monoisotopic (exact) mass is 294 g/mol. The molecule has 88 valence electrons. The molecule has 2 rings (SSSR count). The smallest absolute Gasteiger partial charge is 0.166 e. The average Bonchev–Trinajstić information content (AvgIpc) is 2.30. The lowest BCUT2D eigenvalue weighted by Gasteiger charge is -2.07. The molecule has 0 bridgehead atoms. The van der Waals surface area contributed by atoms with Crippen LogP contribution in [-0.2, 0) is 6.54 Å². The predicted molar refractivity (Wildman–Crippen MR) is 70.4 cm³/mol. The van der Waals surface area contributed by atoms with Crippen LogP contribution in [0.15, 0.2) is 41.0 Å². The van der Waals surface area contributed by atoms with Crippen molar-refractivity contribution in [3.05, 3.63) is 57.9 Å². The molecule has 17 heavy (non-hydrogen) atoms. The van der Waals surface area contributed by atoms with Gasteiger partial charge in [-0.3, -0.25) is 0 Å². The Labute approximate surface area is 108 Å². The summed E-state index contributed by atoms with van der Waals surface area (Å²) in [5, 5.41) is 2.97. The number of aromatic nitrogens is 1. The molecule has 0 unspecified atom stereocenters. The van der Waals surface area contributed by atoms with E-state index in [4.69, 9.17) is 0 Å². The highest BCUT2D eigenvalue weighted by molar-refractivity contribution is 9.10. The lowest BCUT2D eigenvalue weighted by atomic mass is 10.1. The zero-order valence-electron chi connectivity index (χ0n) is 9.37. The highest BCUT2D eigenvalue weighted by atomic mass is 79.9. The third kappa shape index (κ3) is 3.27. The maximum Gasteiger partial charge on any atom is 0.166 e. The molecule has 0 spiro atoms. The van der Waals surface area contributed by atoms with Gasteiger partial charge in [0.1, 0.15) is 0 Å². The second-order valence-electron chi connectivity index (χ2n) is 3.82. The Morgan fingerprint density at radius 2 is 2.00 bits per heavy atom. The van der Waals surface area contributed by atoms with Gasteiger partial charge < -0.3 is 5.32 Å². The summed E-state index contributed by atoms with van der Waals surface area (Å²) in [6.07, 6.45) is 1.57. The topological polar surface area (TPSA) is 24.9 Å². The van der Waals surface area contributed by atoms with Crippen LogP contribution in [0.25, 0.3) is 0 Å². The molecule has 1 N–H and O–H groups in total. The Kier molecular flexibility index (Phi) is 3.74. The van der Waals surface area contributed by atoms with Crippen LogP contribution in [0.4, 0.5) is 10.2 Å². The quantitative estimate of drug-likeness (QED) is 0.928. The number of rotatable bonds is 3. The summed E-state index contributed by atoms with van der Waals surface area (Å²) in [4.78, 5) is 3.98. The van der Waals surface area contributed by atoms with Crippen LogP contribution in [0.2, 0.25) is 0 Å². The van der Waals surface area contributed by atoms with Crippen LogP contribution in [-0.4, -0.2) is 4.98 Å². The minimum Gasteiger partial charge on any atom is -0.364 e. The molecular formula is C13H12BrFN2. The van der Waals surface area contributed by atoms with E-state index in [1.54, 1.807) is 6.20 Å². The van der Waals surface area contributed by atoms with Crippen molar-refractivity contribution >= 4 is 21.7 Å². The van der Waals surface area contributed by atoms with E-state index in [1.165, 1.54) is 11.6 Å². The first kappa shape index (κ1) is 12.0. The zero-order chi connectivity index (χ0) is 12.3. The number of halogens is 2. The van der Waals surface area contributed by atoms with Gasteiger partial charge in [0.25, 0.3) is 0 Å². The minimum absolute atomic E-state index is 0.272. The molecule has 0 radical (unpaired) electrons. The van der Waals surface area contributed by atoms with Crippen molar-refractivity contribution in [2.24, 2.45) is 0 Å². The number of nitrogens with one attached hydrogen (secondary N) is 1. The lowest BCUT2D eigenvalue weighted by Crippen LogP contribution is -2.03. The van der Waals surface area contributed by atoms with Crippen molar-refractivity contribution in [1.29, 1.82) is 0 Å². The Bertz CT molecular complexity index is 511. The summed E-state index contributed by atoms with van der Waals surface area (Å²) >= 11 is 3.17. The first-order valence-electron chi connectivity index (χ1n) is 5.25. The molecule has 0 aliphatic rings. The second kappa shape index (κ2) is 5.27. The molecule has 2 aromatic rings. The fourth-order valence-electron chi connectivity index (χ4n) is 1.44. The van der Waals surface area contributed by atoms with E-state index >= 15 is 0 Å². The summed E-state index contributed by atoms with van der Waals surface area (Å²) in [5.41, 5.74) is 2.31. The van der Waals surface area contributed by atoms with Gasteiger partial charge in [0.2, 0.25) is 0 Å². The summed E-state index contributed by atoms with van der Waals surface area (Å²) in [5.74, 6) is -0.0831. The average molecular weight is 295 g/mol. The fraction of sp³-hybridized carbons (Fsp3) is 0.154. The Balaban J connectivity index is 2.04. The molecule has 2 nitrogen and oxygen atoms in total. The largest absolute Gasteiger partial charge is 0.364 e. The van der Waals surface area contributed by atoms with E-state index in [0.717, 1.165) is 5.56 Å². The second-order valence-corrected chi connectivity index (χ2v) is 4.74. The van der Waals surface area contributed by atoms with Gasteiger partial charge in [0.05, 0.1) is 0 Å². The van der Waals surface area contributed by atoms with Crippen molar-refractivity contribution < 1.29 is 4.39 Å². The first-order chi connectivity index (χ1) is 8.15. The summed E-state index contributed by atoms with van der Waals surface area (Å²) in [6, 6.07) is 9.48. The fourth-order valence-corrected chi connectivity index (χ4v) is 1.74. The van der Waals surface area contributed by atoms with Gasteiger partial charge >= 0.3 is 0 Å². The SMILES string of the molecule is Cc1ccc(CNc2ncc(Br)cc2F)cc1. The van der Waals surface area contributed by atoms with Crippen molar-refractivity contribution in [3.63, 3.8) is 0 Å². The number of anilines is 1. The van der Waals surface area contributed by atoms with Crippen molar-refractivity contribution in [3.8, 4) is 0 Å². The van der Waals surface area contributed by atoms with Crippen molar-refractivity contribution in [2.75, 3.05) is 5.32 Å². The van der Waals surface area contributed by atoms with Crippen LogP contribution in [0, 0.1) is 12.7 Å². The molecule has 1 aromatic carbocycles. The van der Waals surface area contributed by atoms with E-state index in [0.29, 0.717) is 11.0 Å². The molecular weight excluding hydrogens is 283 g/mol. The van der Waals surface area contributed by atoms with Crippen LogP contribution < -0.4 is 5.32 Å². The highest BCUT2D eigenvalue weighted by Crippen LogP contribution is 2.16. The van der Waals surface area contributed by atoms with Gasteiger partial charge in [-0.15, -0.1) is 0 Å². The number of pyridine rings is 1. The highest BCUT2D eigenvalue weighted by Gasteiger charge is 2.03. The van der Waals surface area contributed by atoms with Gasteiger partial charge in [-0.1, -0.05) is 29.8 Å². The third-order valence-corrected chi connectivity index (χ3v) is 2.82. The molecule has 0 saturated carbocycles. The van der Waals surface area contributed by atoms with Gasteiger partial charge in [0.15, 0.2) is 11.6 Å². The van der Waals surface area contributed by atoms with Gasteiger partial charge in [-0.25, -0.2) is 9.37 Å². The molecule has 0 saturated heterocycles. The first-order valence-corrected chi connectivity index (χ1v) is 6.05. The summed E-state index contributed by atoms with van der Waals surface area (Å²) in [7, 11) is 0. The number of aryl methyl sites for hydroxylation is 1.